The van der Waals surface area contributed by atoms with Gasteiger partial charge in [-0.15, -0.1) is 0 Å². The van der Waals surface area contributed by atoms with Gasteiger partial charge in [-0.05, 0) is 19.1 Å². The second-order valence-corrected chi connectivity index (χ2v) is 6.42. The van der Waals surface area contributed by atoms with Gasteiger partial charge in [0.15, 0.2) is 0 Å². The summed E-state index contributed by atoms with van der Waals surface area (Å²) < 4.78 is 19.8. The normalized spacial score (nSPS) is 21.8. The molecule has 0 N–H and O–H groups in total. The molecule has 25 heavy (non-hydrogen) atoms. The molecule has 0 aliphatic carbocycles. The standard InChI is InChI=1S/C19H27N3O3/c1-3-22-16-20-11-17(22)12-21-9-10-24-14-19(13-21,23-2)15-25-18-7-5-4-6-8-18/h4-8,11,16H,3,9-10,12-15H2,1-2H3/t19-/m1/s1. The Morgan fingerprint density at radius 3 is 2.88 bits per heavy atom. The van der Waals surface area contributed by atoms with E-state index >= 15 is 0 Å². The lowest BCUT2D eigenvalue weighted by Crippen LogP contribution is -2.50. The van der Waals surface area contributed by atoms with Crippen molar-refractivity contribution >= 4 is 0 Å². The highest BCUT2D eigenvalue weighted by molar-refractivity contribution is 5.21. The van der Waals surface area contributed by atoms with Gasteiger partial charge in [-0.1, -0.05) is 18.2 Å². The van der Waals surface area contributed by atoms with Crippen molar-refractivity contribution in [3.8, 4) is 5.75 Å². The first-order chi connectivity index (χ1) is 12.2. The lowest BCUT2D eigenvalue weighted by atomic mass is 10.1. The summed E-state index contributed by atoms with van der Waals surface area (Å²) in [5.74, 6) is 0.846. The maximum Gasteiger partial charge on any atom is 0.137 e. The number of aryl methyl sites for hydroxylation is 1. The van der Waals surface area contributed by atoms with E-state index in [4.69, 9.17) is 14.2 Å². The van der Waals surface area contributed by atoms with Crippen LogP contribution in [0.4, 0.5) is 0 Å². The molecular formula is C19H27N3O3. The smallest absolute Gasteiger partial charge is 0.137 e. The molecule has 0 spiro atoms. The molecule has 3 rings (SSSR count). The van der Waals surface area contributed by atoms with Crippen molar-refractivity contribution < 1.29 is 14.2 Å². The van der Waals surface area contributed by atoms with Crippen LogP contribution in [0.3, 0.4) is 0 Å². The third kappa shape index (κ3) is 4.60. The van der Waals surface area contributed by atoms with E-state index in [-0.39, 0.29) is 0 Å². The first kappa shape index (κ1) is 17.9. The Labute approximate surface area is 149 Å². The highest BCUT2D eigenvalue weighted by Crippen LogP contribution is 2.21. The van der Waals surface area contributed by atoms with Gasteiger partial charge in [0.2, 0.25) is 0 Å². The second kappa shape index (κ2) is 8.47. The van der Waals surface area contributed by atoms with Gasteiger partial charge in [0.25, 0.3) is 0 Å². The molecular weight excluding hydrogens is 318 g/mol. The lowest BCUT2D eigenvalue weighted by Gasteiger charge is -2.34. The van der Waals surface area contributed by atoms with E-state index in [1.165, 1.54) is 5.69 Å². The van der Waals surface area contributed by atoms with Crippen molar-refractivity contribution in [1.29, 1.82) is 0 Å². The summed E-state index contributed by atoms with van der Waals surface area (Å²) >= 11 is 0. The maximum atomic E-state index is 5.97. The zero-order chi connectivity index (χ0) is 17.5. The van der Waals surface area contributed by atoms with E-state index in [0.29, 0.717) is 19.8 Å². The molecule has 1 aromatic carbocycles. The average molecular weight is 345 g/mol. The monoisotopic (exact) mass is 345 g/mol. The third-order valence-electron chi connectivity index (χ3n) is 4.63. The molecule has 1 fully saturated rings. The minimum absolute atomic E-state index is 0.455. The molecule has 2 aromatic rings. The van der Waals surface area contributed by atoms with E-state index in [2.05, 4.69) is 21.4 Å². The highest BCUT2D eigenvalue weighted by Gasteiger charge is 2.36. The fourth-order valence-corrected chi connectivity index (χ4v) is 3.11. The first-order valence-corrected chi connectivity index (χ1v) is 8.77. The van der Waals surface area contributed by atoms with Crippen LogP contribution in [0.25, 0.3) is 0 Å². The molecule has 0 bridgehead atoms. The topological polar surface area (TPSA) is 48.8 Å². The van der Waals surface area contributed by atoms with Gasteiger partial charge in [-0.25, -0.2) is 4.98 Å². The number of rotatable bonds is 7. The number of hydrogen-bond acceptors (Lipinski definition) is 5. The Balaban J connectivity index is 1.67. The summed E-state index contributed by atoms with van der Waals surface area (Å²) in [4.78, 5) is 6.62. The van der Waals surface area contributed by atoms with Crippen molar-refractivity contribution in [2.24, 2.45) is 0 Å². The summed E-state index contributed by atoms with van der Waals surface area (Å²) in [6, 6.07) is 9.83. The molecule has 1 aliphatic heterocycles. The van der Waals surface area contributed by atoms with Gasteiger partial charge in [0, 0.05) is 39.5 Å². The van der Waals surface area contributed by atoms with Crippen LogP contribution in [-0.4, -0.2) is 60.1 Å². The van der Waals surface area contributed by atoms with Crippen molar-refractivity contribution in [2.75, 3.05) is 40.0 Å². The van der Waals surface area contributed by atoms with Gasteiger partial charge >= 0.3 is 0 Å². The van der Waals surface area contributed by atoms with Gasteiger partial charge in [-0.3, -0.25) is 4.90 Å². The highest BCUT2D eigenvalue weighted by atomic mass is 16.6. The molecule has 2 heterocycles. The Kier molecular flexibility index (Phi) is 6.07. The Hall–Kier alpha value is -1.89. The fraction of sp³-hybridized carbons (Fsp3) is 0.526. The summed E-state index contributed by atoms with van der Waals surface area (Å²) in [6.07, 6.45) is 3.82. The van der Waals surface area contributed by atoms with Gasteiger partial charge in [0.05, 0.1) is 25.2 Å². The van der Waals surface area contributed by atoms with Crippen LogP contribution < -0.4 is 4.74 Å². The van der Waals surface area contributed by atoms with Gasteiger partial charge < -0.3 is 18.8 Å². The number of hydrogen-bond donors (Lipinski definition) is 0. The van der Waals surface area contributed by atoms with E-state index in [1.54, 1.807) is 7.11 Å². The molecule has 0 radical (unpaired) electrons. The van der Waals surface area contributed by atoms with Crippen molar-refractivity contribution in [1.82, 2.24) is 14.5 Å². The minimum Gasteiger partial charge on any atom is -0.490 e. The van der Waals surface area contributed by atoms with Crippen LogP contribution in [0.5, 0.6) is 5.75 Å². The molecule has 0 amide bonds. The SMILES string of the molecule is CCn1cncc1CN1CCOC[C@](COc2ccccc2)(OC)C1. The van der Waals surface area contributed by atoms with Gasteiger partial charge in [0.1, 0.15) is 18.0 Å². The average Bonchev–Trinajstić information content (AvgIpc) is 3.00. The van der Waals surface area contributed by atoms with Crippen LogP contribution in [-0.2, 0) is 22.6 Å². The zero-order valence-corrected chi connectivity index (χ0v) is 15.1. The van der Waals surface area contributed by atoms with Crippen LogP contribution in [0, 0.1) is 0 Å². The zero-order valence-electron chi connectivity index (χ0n) is 15.1. The Morgan fingerprint density at radius 2 is 2.12 bits per heavy atom. The van der Waals surface area contributed by atoms with E-state index in [1.807, 2.05) is 42.9 Å². The molecule has 6 heteroatoms. The number of para-hydroxylation sites is 1. The van der Waals surface area contributed by atoms with Crippen molar-refractivity contribution in [3.05, 3.63) is 48.5 Å². The Morgan fingerprint density at radius 1 is 1.28 bits per heavy atom. The van der Waals surface area contributed by atoms with Crippen LogP contribution >= 0.6 is 0 Å². The third-order valence-corrected chi connectivity index (χ3v) is 4.63. The number of aromatic nitrogens is 2. The summed E-state index contributed by atoms with van der Waals surface area (Å²) in [7, 11) is 1.73. The Bertz CT molecular complexity index is 646. The quantitative estimate of drug-likeness (QED) is 0.770. The van der Waals surface area contributed by atoms with Crippen LogP contribution in [0.15, 0.2) is 42.9 Å². The molecule has 0 unspecified atom stereocenters. The van der Waals surface area contributed by atoms with Gasteiger partial charge in [-0.2, -0.15) is 0 Å². The second-order valence-electron chi connectivity index (χ2n) is 6.42. The van der Waals surface area contributed by atoms with Crippen molar-refractivity contribution in [2.45, 2.75) is 25.6 Å². The fourth-order valence-electron chi connectivity index (χ4n) is 3.11. The summed E-state index contributed by atoms with van der Waals surface area (Å²) in [5.41, 5.74) is 0.724. The number of ether oxygens (including phenoxy) is 3. The molecule has 6 nitrogen and oxygen atoms in total. The number of nitrogens with zero attached hydrogens (tertiary/aromatic N) is 3. The maximum absolute atomic E-state index is 5.97. The van der Waals surface area contributed by atoms with Crippen LogP contribution in [0.2, 0.25) is 0 Å². The van der Waals surface area contributed by atoms with E-state index in [0.717, 1.165) is 31.9 Å². The first-order valence-electron chi connectivity index (χ1n) is 8.77. The molecule has 1 aromatic heterocycles. The molecule has 136 valence electrons. The number of imidazole rings is 1. The summed E-state index contributed by atoms with van der Waals surface area (Å²) in [6.45, 7) is 7.17. The predicted molar refractivity (Wildman–Crippen MR) is 95.7 cm³/mol. The molecule has 1 saturated heterocycles. The predicted octanol–water partition coefficient (Wildman–Crippen LogP) is 2.20. The minimum atomic E-state index is -0.483. The molecule has 1 aliphatic rings. The van der Waals surface area contributed by atoms with E-state index < -0.39 is 5.60 Å². The number of methoxy groups -OCH3 is 1. The largest absolute Gasteiger partial charge is 0.490 e. The van der Waals surface area contributed by atoms with E-state index in [9.17, 15) is 0 Å². The summed E-state index contributed by atoms with van der Waals surface area (Å²) in [5, 5.41) is 0. The van der Waals surface area contributed by atoms with Crippen LogP contribution in [0.1, 0.15) is 12.6 Å². The lowest BCUT2D eigenvalue weighted by molar-refractivity contribution is -0.0926. The van der Waals surface area contributed by atoms with Crippen molar-refractivity contribution in [3.63, 3.8) is 0 Å². The molecule has 1 atom stereocenters. The number of benzene rings is 1. The molecule has 0 saturated carbocycles.